The quantitative estimate of drug-likeness (QED) is 0.219. The average molecular weight is 530 g/mol. The maximum Gasteiger partial charge on any atom is 0.268 e. The molecule has 0 radical (unpaired) electrons. The third-order valence-corrected chi connectivity index (χ3v) is 7.03. The summed E-state index contributed by atoms with van der Waals surface area (Å²) in [6, 6.07) is 18.2. The Morgan fingerprint density at radius 1 is 1.11 bits per heavy atom. The molecule has 0 bridgehead atoms. The number of amides is 1. The minimum atomic E-state index is -1.05. The molecule has 3 aromatic heterocycles. The first kappa shape index (κ1) is 25.4. The molecule has 2 aromatic carbocycles. The molecule has 0 atom stereocenters. The Morgan fingerprint density at radius 3 is 2.61 bits per heavy atom. The molecule has 0 aliphatic heterocycles. The van der Waals surface area contributed by atoms with Crippen LogP contribution < -0.4 is 10.6 Å². The Labute approximate surface area is 223 Å². The number of ketones is 1. The van der Waals surface area contributed by atoms with Crippen LogP contribution in [0.25, 0.3) is 21.5 Å². The Balaban J connectivity index is 1.39. The van der Waals surface area contributed by atoms with Gasteiger partial charge in [0, 0.05) is 16.1 Å². The Morgan fingerprint density at radius 2 is 1.89 bits per heavy atom. The number of fused-ring (bicyclic) bond motifs is 1. The lowest BCUT2D eigenvalue weighted by molar-refractivity contribution is 0.0630. The Bertz CT molecular complexity index is 1610. The van der Waals surface area contributed by atoms with Crippen LogP contribution in [-0.2, 0) is 6.54 Å². The summed E-state index contributed by atoms with van der Waals surface area (Å²) in [6.07, 6.45) is 1.56. The van der Waals surface area contributed by atoms with Crippen LogP contribution >= 0.6 is 11.3 Å². The molecule has 3 heterocycles. The van der Waals surface area contributed by atoms with Crippen LogP contribution in [0.2, 0.25) is 0 Å². The van der Waals surface area contributed by atoms with Crippen LogP contribution in [-0.4, -0.2) is 43.7 Å². The van der Waals surface area contributed by atoms with Gasteiger partial charge in [0.1, 0.15) is 6.26 Å². The lowest BCUT2D eigenvalue weighted by Crippen LogP contribution is -2.27. The van der Waals surface area contributed by atoms with Gasteiger partial charge in [-0.15, -0.1) is 11.3 Å². The van der Waals surface area contributed by atoms with Crippen molar-refractivity contribution in [2.75, 3.05) is 17.2 Å². The fraction of sp³-hybridized carbons (Fsp3) is 0.214. The van der Waals surface area contributed by atoms with Gasteiger partial charge in [-0.25, -0.2) is 4.98 Å². The van der Waals surface area contributed by atoms with E-state index >= 15 is 0 Å². The number of nitrogens with zero attached hydrogens (tertiary/aromatic N) is 3. The topological polar surface area (TPSA) is 122 Å². The van der Waals surface area contributed by atoms with E-state index in [1.54, 1.807) is 42.9 Å². The maximum atomic E-state index is 13.2. The number of Topliss-reactive ketones (excluding diaryl/α,β-unsaturated/α-hetero) is 1. The zero-order valence-corrected chi connectivity index (χ0v) is 22.0. The summed E-state index contributed by atoms with van der Waals surface area (Å²) in [4.78, 5) is 31.7. The smallest absolute Gasteiger partial charge is 0.268 e. The molecular weight excluding hydrogens is 502 g/mol. The number of aryl methyl sites for hydroxylation is 1. The number of imidazole rings is 1. The van der Waals surface area contributed by atoms with Crippen molar-refractivity contribution in [1.82, 2.24) is 14.7 Å². The normalized spacial score (nSPS) is 11.6. The molecule has 0 aliphatic carbocycles. The number of benzene rings is 2. The molecule has 5 rings (SSSR count). The van der Waals surface area contributed by atoms with E-state index in [0.717, 1.165) is 27.3 Å². The molecule has 0 saturated carbocycles. The fourth-order valence-corrected chi connectivity index (χ4v) is 5.05. The Kier molecular flexibility index (Phi) is 6.83. The minimum absolute atomic E-state index is 0.0251. The van der Waals surface area contributed by atoms with E-state index in [4.69, 9.17) is 4.52 Å². The number of nitrogens with one attached hydrogen (secondary N) is 2. The molecule has 194 valence electrons. The summed E-state index contributed by atoms with van der Waals surface area (Å²) in [7, 11) is 0. The average Bonchev–Trinajstić information content (AvgIpc) is 3.61. The molecule has 0 unspecified atom stereocenters. The second-order valence-corrected chi connectivity index (χ2v) is 10.7. The van der Waals surface area contributed by atoms with Gasteiger partial charge in [0.05, 0.1) is 45.9 Å². The highest BCUT2D eigenvalue weighted by atomic mass is 32.1. The van der Waals surface area contributed by atoms with Gasteiger partial charge < -0.3 is 19.5 Å². The van der Waals surface area contributed by atoms with Crippen molar-refractivity contribution in [1.29, 1.82) is 0 Å². The SMILES string of the molecule is Cc1nocc1-c1ccc(C(=O)Nc2nc3cc(NCC(=O)c4ccccc4)ccc3n2CC(C)(C)O)s1. The van der Waals surface area contributed by atoms with Crippen LogP contribution in [0, 0.1) is 6.92 Å². The largest absolute Gasteiger partial charge is 0.389 e. The first-order valence-corrected chi connectivity index (χ1v) is 12.9. The van der Waals surface area contributed by atoms with Gasteiger partial charge in [0.15, 0.2) is 5.78 Å². The molecule has 38 heavy (non-hydrogen) atoms. The van der Waals surface area contributed by atoms with E-state index in [1.807, 2.05) is 49.4 Å². The number of thiophene rings is 1. The van der Waals surface area contributed by atoms with Crippen molar-refractivity contribution in [3.05, 3.63) is 83.1 Å². The molecule has 0 fully saturated rings. The van der Waals surface area contributed by atoms with Crippen LogP contribution in [0.5, 0.6) is 0 Å². The van der Waals surface area contributed by atoms with Gasteiger partial charge in [-0.05, 0) is 51.1 Å². The molecule has 10 heteroatoms. The monoisotopic (exact) mass is 529 g/mol. The molecule has 5 aromatic rings. The third kappa shape index (κ3) is 5.51. The van der Waals surface area contributed by atoms with E-state index in [9.17, 15) is 14.7 Å². The van der Waals surface area contributed by atoms with E-state index < -0.39 is 5.60 Å². The number of aliphatic hydroxyl groups is 1. The van der Waals surface area contributed by atoms with E-state index in [-0.39, 0.29) is 24.8 Å². The lowest BCUT2D eigenvalue weighted by Gasteiger charge is -2.20. The number of carbonyl (C=O) groups is 2. The molecule has 9 nitrogen and oxygen atoms in total. The molecule has 0 spiro atoms. The summed E-state index contributed by atoms with van der Waals surface area (Å²) in [5, 5.41) is 20.5. The van der Waals surface area contributed by atoms with Crippen molar-refractivity contribution in [2.24, 2.45) is 0 Å². The summed E-state index contributed by atoms with van der Waals surface area (Å²) < 4.78 is 6.80. The van der Waals surface area contributed by atoms with Gasteiger partial charge >= 0.3 is 0 Å². The summed E-state index contributed by atoms with van der Waals surface area (Å²) in [6.45, 7) is 5.59. The van der Waals surface area contributed by atoms with Crippen molar-refractivity contribution < 1.29 is 19.2 Å². The van der Waals surface area contributed by atoms with Crippen LogP contribution in [0.1, 0.15) is 39.6 Å². The van der Waals surface area contributed by atoms with Crippen LogP contribution in [0.4, 0.5) is 11.6 Å². The highest BCUT2D eigenvalue weighted by Gasteiger charge is 2.22. The van der Waals surface area contributed by atoms with Crippen molar-refractivity contribution in [3.8, 4) is 10.4 Å². The number of hydrogen-bond acceptors (Lipinski definition) is 8. The number of hydrogen-bond donors (Lipinski definition) is 3. The van der Waals surface area contributed by atoms with Gasteiger partial charge in [-0.3, -0.25) is 14.9 Å². The number of aromatic nitrogens is 3. The lowest BCUT2D eigenvalue weighted by atomic mass is 10.1. The first-order valence-electron chi connectivity index (χ1n) is 12.1. The molecule has 1 amide bonds. The summed E-state index contributed by atoms with van der Waals surface area (Å²) in [5.41, 5.74) is 3.27. The second-order valence-electron chi connectivity index (χ2n) is 9.61. The maximum absolute atomic E-state index is 13.2. The summed E-state index contributed by atoms with van der Waals surface area (Å²) in [5.74, 6) is -0.0156. The van der Waals surface area contributed by atoms with Crippen molar-refractivity contribution >= 4 is 45.7 Å². The highest BCUT2D eigenvalue weighted by molar-refractivity contribution is 7.17. The molecular formula is C28H27N5O4S. The number of anilines is 2. The predicted octanol–water partition coefficient (Wildman–Crippen LogP) is 5.38. The zero-order chi connectivity index (χ0) is 26.9. The Hall–Kier alpha value is -4.28. The standard InChI is InChI=1S/C28H27N5O4S/c1-17-20(15-37-32-17)24-11-12-25(38-24)26(35)31-27-30-21-13-19(9-10-22(21)33(27)16-28(2,3)36)29-14-23(34)18-7-5-4-6-8-18/h4-13,15,29,36H,14,16H2,1-3H3,(H,30,31,35). The second kappa shape index (κ2) is 10.2. The third-order valence-electron chi connectivity index (χ3n) is 5.91. The summed E-state index contributed by atoms with van der Waals surface area (Å²) >= 11 is 1.33. The molecule has 0 aliphatic rings. The van der Waals surface area contributed by atoms with E-state index in [2.05, 4.69) is 20.8 Å². The van der Waals surface area contributed by atoms with Crippen LogP contribution in [0.3, 0.4) is 0 Å². The van der Waals surface area contributed by atoms with Gasteiger partial charge in [0.25, 0.3) is 5.91 Å². The van der Waals surface area contributed by atoms with Gasteiger partial charge in [-0.2, -0.15) is 0 Å². The van der Waals surface area contributed by atoms with Crippen molar-refractivity contribution in [2.45, 2.75) is 32.9 Å². The molecule has 0 saturated heterocycles. The fourth-order valence-electron chi connectivity index (χ4n) is 4.09. The predicted molar refractivity (Wildman–Crippen MR) is 148 cm³/mol. The minimum Gasteiger partial charge on any atom is -0.389 e. The molecule has 3 N–H and O–H groups in total. The van der Waals surface area contributed by atoms with E-state index in [1.165, 1.54) is 11.3 Å². The van der Waals surface area contributed by atoms with Crippen LogP contribution in [0.15, 0.2) is 71.4 Å². The first-order chi connectivity index (χ1) is 18.2. The highest BCUT2D eigenvalue weighted by Crippen LogP contribution is 2.31. The van der Waals surface area contributed by atoms with Gasteiger partial charge in [-0.1, -0.05) is 35.5 Å². The number of carbonyl (C=O) groups excluding carboxylic acids is 2. The van der Waals surface area contributed by atoms with Crippen molar-refractivity contribution in [3.63, 3.8) is 0 Å². The van der Waals surface area contributed by atoms with E-state index in [0.29, 0.717) is 21.9 Å². The zero-order valence-electron chi connectivity index (χ0n) is 21.2. The van der Waals surface area contributed by atoms with Gasteiger partial charge in [0.2, 0.25) is 5.95 Å². The number of rotatable bonds is 9.